The smallest absolute Gasteiger partial charge is 0.422 e. The SMILES string of the molecule is CN=C(NCc1ccc(C)cc1OCC(F)(F)F)NC1C2CCOC2C12CCC2.I. The van der Waals surface area contributed by atoms with Crippen molar-refractivity contribution in [3.8, 4) is 5.75 Å². The van der Waals surface area contributed by atoms with Crippen LogP contribution in [0.25, 0.3) is 0 Å². The fraction of sp³-hybridized carbons (Fsp3) is 0.667. The number of fused-ring (bicyclic) bond motifs is 2. The van der Waals surface area contributed by atoms with Gasteiger partial charge in [0.25, 0.3) is 0 Å². The number of nitrogens with zero attached hydrogens (tertiary/aromatic N) is 1. The predicted molar refractivity (Wildman–Crippen MR) is 119 cm³/mol. The van der Waals surface area contributed by atoms with Crippen molar-refractivity contribution in [2.75, 3.05) is 20.3 Å². The lowest BCUT2D eigenvalue weighted by molar-refractivity contribution is -0.171. The number of nitrogens with one attached hydrogen (secondary N) is 2. The van der Waals surface area contributed by atoms with Crippen LogP contribution in [0.5, 0.6) is 5.75 Å². The first-order chi connectivity index (χ1) is 13.8. The Morgan fingerprint density at radius 1 is 1.33 bits per heavy atom. The third-order valence-electron chi connectivity index (χ3n) is 6.61. The first kappa shape index (κ1) is 23.4. The van der Waals surface area contributed by atoms with Gasteiger partial charge in [-0.2, -0.15) is 13.2 Å². The lowest BCUT2D eigenvalue weighted by Crippen LogP contribution is -2.72. The molecule has 2 saturated carbocycles. The maximum Gasteiger partial charge on any atom is 0.422 e. The summed E-state index contributed by atoms with van der Waals surface area (Å²) in [5, 5.41) is 6.81. The van der Waals surface area contributed by atoms with Crippen LogP contribution >= 0.6 is 24.0 Å². The van der Waals surface area contributed by atoms with Crippen LogP contribution in [0.3, 0.4) is 0 Å². The molecule has 4 rings (SSSR count). The number of ether oxygens (including phenoxy) is 2. The molecule has 1 aliphatic heterocycles. The third-order valence-corrected chi connectivity index (χ3v) is 6.61. The summed E-state index contributed by atoms with van der Waals surface area (Å²) in [4.78, 5) is 4.33. The molecular weight excluding hydrogens is 510 g/mol. The number of hydrogen-bond donors (Lipinski definition) is 2. The molecule has 0 amide bonds. The average molecular weight is 539 g/mol. The predicted octanol–water partition coefficient (Wildman–Crippen LogP) is 4.18. The second-order valence-electron chi connectivity index (χ2n) is 8.39. The molecule has 1 saturated heterocycles. The van der Waals surface area contributed by atoms with Crippen molar-refractivity contribution in [1.82, 2.24) is 10.6 Å². The van der Waals surface area contributed by atoms with Gasteiger partial charge in [0.15, 0.2) is 12.6 Å². The van der Waals surface area contributed by atoms with E-state index < -0.39 is 12.8 Å². The molecule has 30 heavy (non-hydrogen) atoms. The van der Waals surface area contributed by atoms with Crippen molar-refractivity contribution in [2.45, 2.75) is 57.5 Å². The van der Waals surface area contributed by atoms with Gasteiger partial charge < -0.3 is 20.1 Å². The van der Waals surface area contributed by atoms with Gasteiger partial charge in [0, 0.05) is 43.1 Å². The highest BCUT2D eigenvalue weighted by Gasteiger charge is 2.66. The minimum atomic E-state index is -4.37. The van der Waals surface area contributed by atoms with Crippen molar-refractivity contribution in [2.24, 2.45) is 16.3 Å². The van der Waals surface area contributed by atoms with Gasteiger partial charge in [0.1, 0.15) is 5.75 Å². The third kappa shape index (κ3) is 4.51. The van der Waals surface area contributed by atoms with Crippen LogP contribution < -0.4 is 15.4 Å². The Balaban J connectivity index is 0.00000256. The Kier molecular flexibility index (Phi) is 7.11. The molecule has 3 fully saturated rings. The molecule has 1 spiro atoms. The summed E-state index contributed by atoms with van der Waals surface area (Å²) in [6.45, 7) is 1.68. The summed E-state index contributed by atoms with van der Waals surface area (Å²) in [6.07, 6.45) is 0.653. The van der Waals surface area contributed by atoms with Gasteiger partial charge in [0.05, 0.1) is 6.10 Å². The molecule has 1 heterocycles. The molecule has 3 aliphatic rings. The summed E-state index contributed by atoms with van der Waals surface area (Å²) >= 11 is 0. The van der Waals surface area contributed by atoms with E-state index in [0.717, 1.165) is 18.6 Å². The summed E-state index contributed by atoms with van der Waals surface area (Å²) in [5.74, 6) is 1.42. The van der Waals surface area contributed by atoms with E-state index in [1.165, 1.54) is 19.3 Å². The Morgan fingerprint density at radius 3 is 2.73 bits per heavy atom. The normalized spacial score (nSPS) is 26.8. The van der Waals surface area contributed by atoms with E-state index in [1.807, 2.05) is 13.0 Å². The van der Waals surface area contributed by atoms with Gasteiger partial charge in [0.2, 0.25) is 0 Å². The van der Waals surface area contributed by atoms with Crippen LogP contribution in [-0.2, 0) is 11.3 Å². The minimum Gasteiger partial charge on any atom is -0.484 e. The highest BCUT2D eigenvalue weighted by atomic mass is 127. The molecule has 2 N–H and O–H groups in total. The molecule has 0 aromatic heterocycles. The van der Waals surface area contributed by atoms with Crippen molar-refractivity contribution >= 4 is 29.9 Å². The Bertz CT molecular complexity index is 783. The summed E-state index contributed by atoms with van der Waals surface area (Å²) in [7, 11) is 1.71. The van der Waals surface area contributed by atoms with Crippen LogP contribution in [0, 0.1) is 18.3 Å². The summed E-state index contributed by atoms with van der Waals surface area (Å²) < 4.78 is 48.7. The topological polar surface area (TPSA) is 54.9 Å². The lowest BCUT2D eigenvalue weighted by atomic mass is 9.46. The number of hydrogen-bond acceptors (Lipinski definition) is 3. The Labute approximate surface area is 192 Å². The fourth-order valence-corrected chi connectivity index (χ4v) is 5.08. The molecule has 9 heteroatoms. The summed E-state index contributed by atoms with van der Waals surface area (Å²) in [6, 6.07) is 5.63. The van der Waals surface area contributed by atoms with Crippen molar-refractivity contribution in [3.63, 3.8) is 0 Å². The van der Waals surface area contributed by atoms with Crippen LogP contribution in [0.15, 0.2) is 23.2 Å². The van der Waals surface area contributed by atoms with E-state index in [0.29, 0.717) is 36.1 Å². The van der Waals surface area contributed by atoms with Crippen molar-refractivity contribution < 1.29 is 22.6 Å². The number of rotatable bonds is 5. The quantitative estimate of drug-likeness (QED) is 0.335. The van der Waals surface area contributed by atoms with Crippen LogP contribution in [0.2, 0.25) is 0 Å². The molecule has 2 aliphatic carbocycles. The monoisotopic (exact) mass is 539 g/mol. The van der Waals surface area contributed by atoms with Gasteiger partial charge in [-0.3, -0.25) is 4.99 Å². The molecule has 5 nitrogen and oxygen atoms in total. The standard InChI is InChI=1S/C21H28F3N3O2.HI/c1-13-4-5-14(16(10-13)29-12-21(22,23)24)11-26-19(25-2)27-17-15-6-9-28-18(15)20(17)7-3-8-20;/h4-5,10,15,17-18H,3,6-9,11-12H2,1-2H3,(H2,25,26,27);1H. The van der Waals surface area contributed by atoms with E-state index in [2.05, 4.69) is 15.6 Å². The summed E-state index contributed by atoms with van der Waals surface area (Å²) in [5.41, 5.74) is 1.74. The fourth-order valence-electron chi connectivity index (χ4n) is 5.08. The van der Waals surface area contributed by atoms with Gasteiger partial charge in [-0.25, -0.2) is 0 Å². The molecular formula is C21H29F3IN3O2. The van der Waals surface area contributed by atoms with Crippen molar-refractivity contribution in [3.05, 3.63) is 29.3 Å². The molecule has 1 aromatic carbocycles. The molecule has 3 atom stereocenters. The van der Waals surface area contributed by atoms with Gasteiger partial charge in [-0.1, -0.05) is 18.6 Å². The van der Waals surface area contributed by atoms with E-state index >= 15 is 0 Å². The maximum atomic E-state index is 12.6. The van der Waals surface area contributed by atoms with Crippen LogP contribution in [0.1, 0.15) is 36.8 Å². The molecule has 3 unspecified atom stereocenters. The van der Waals surface area contributed by atoms with E-state index in [4.69, 9.17) is 9.47 Å². The number of halogens is 4. The number of benzene rings is 1. The Morgan fingerprint density at radius 2 is 2.10 bits per heavy atom. The first-order valence-electron chi connectivity index (χ1n) is 10.2. The van der Waals surface area contributed by atoms with Crippen molar-refractivity contribution in [1.29, 1.82) is 0 Å². The largest absolute Gasteiger partial charge is 0.484 e. The zero-order valence-corrected chi connectivity index (χ0v) is 19.6. The molecule has 0 radical (unpaired) electrons. The second kappa shape index (κ2) is 9.10. The number of aliphatic imine (C=N–C) groups is 1. The number of alkyl halides is 3. The molecule has 0 bridgehead atoms. The molecule has 168 valence electrons. The number of aryl methyl sites for hydroxylation is 1. The average Bonchev–Trinajstić information content (AvgIpc) is 3.04. The highest BCUT2D eigenvalue weighted by molar-refractivity contribution is 14.0. The Hall–Kier alpha value is -1.23. The second-order valence-corrected chi connectivity index (χ2v) is 8.39. The van der Waals surface area contributed by atoms with E-state index in [9.17, 15) is 13.2 Å². The number of guanidine groups is 1. The van der Waals surface area contributed by atoms with Gasteiger partial charge in [-0.05, 0) is 37.8 Å². The zero-order valence-electron chi connectivity index (χ0n) is 17.2. The van der Waals surface area contributed by atoms with Gasteiger partial charge >= 0.3 is 6.18 Å². The highest BCUT2D eigenvalue weighted by Crippen LogP contribution is 2.62. The van der Waals surface area contributed by atoms with Crippen LogP contribution in [-0.4, -0.2) is 44.5 Å². The lowest BCUT2D eigenvalue weighted by Gasteiger charge is -2.63. The van der Waals surface area contributed by atoms with Gasteiger partial charge in [-0.15, -0.1) is 24.0 Å². The van der Waals surface area contributed by atoms with E-state index in [1.54, 1.807) is 19.2 Å². The van der Waals surface area contributed by atoms with E-state index in [-0.39, 0.29) is 35.1 Å². The molecule has 1 aromatic rings. The first-order valence-corrected chi connectivity index (χ1v) is 10.2. The minimum absolute atomic E-state index is 0. The zero-order chi connectivity index (χ0) is 20.6. The van der Waals surface area contributed by atoms with Crippen LogP contribution in [0.4, 0.5) is 13.2 Å². The maximum absolute atomic E-state index is 12.6.